The lowest BCUT2D eigenvalue weighted by atomic mass is 10.2. The van der Waals surface area contributed by atoms with Crippen molar-refractivity contribution >= 4 is 40.5 Å². The predicted octanol–water partition coefficient (Wildman–Crippen LogP) is 1.97. The molecule has 0 bridgehead atoms. The number of hydrogen-bond acceptors (Lipinski definition) is 4. The number of ether oxygens (including phenoxy) is 1. The summed E-state index contributed by atoms with van der Waals surface area (Å²) in [5.41, 5.74) is 7.07. The Balaban J connectivity index is 2.75. The fourth-order valence-electron chi connectivity index (χ4n) is 1.43. The van der Waals surface area contributed by atoms with E-state index in [-0.39, 0.29) is 11.0 Å². The van der Waals surface area contributed by atoms with Gasteiger partial charge in [-0.3, -0.25) is 4.79 Å². The molecule has 0 aliphatic heterocycles. The van der Waals surface area contributed by atoms with Gasteiger partial charge in [-0.25, -0.2) is 0 Å². The van der Waals surface area contributed by atoms with Crippen LogP contribution in [0.1, 0.15) is 12.0 Å². The summed E-state index contributed by atoms with van der Waals surface area (Å²) < 4.78 is 4.59. The van der Waals surface area contributed by atoms with Crippen molar-refractivity contribution in [2.45, 2.75) is 6.42 Å². The van der Waals surface area contributed by atoms with Gasteiger partial charge in [0.15, 0.2) is 0 Å². The zero-order valence-corrected chi connectivity index (χ0v) is 11.8. The highest BCUT2D eigenvalue weighted by Gasteiger charge is 2.09. The summed E-state index contributed by atoms with van der Waals surface area (Å²) in [6.07, 6.45) is 0.321. The summed E-state index contributed by atoms with van der Waals surface area (Å²) in [6.45, 7) is 0.551. The number of esters is 1. The smallest absolute Gasteiger partial charge is 0.307 e. The second-order valence-corrected chi connectivity index (χ2v) is 4.62. The van der Waals surface area contributed by atoms with Crippen molar-refractivity contribution < 1.29 is 9.53 Å². The third kappa shape index (κ3) is 3.85. The zero-order valence-electron chi connectivity index (χ0n) is 10.3. The topological polar surface area (TPSA) is 55.6 Å². The Bertz CT molecular complexity index is 465. The number of thiocarbonyl (C=S) groups is 1. The molecule has 0 aliphatic carbocycles. The summed E-state index contributed by atoms with van der Waals surface area (Å²) in [5, 5.41) is 0.505. The first-order valence-corrected chi connectivity index (χ1v) is 6.11. The van der Waals surface area contributed by atoms with Gasteiger partial charge in [0.05, 0.1) is 18.6 Å². The third-order valence-corrected chi connectivity index (χ3v) is 3.07. The molecule has 0 amide bonds. The normalized spacial score (nSPS) is 9.94. The Kier molecular flexibility index (Phi) is 5.37. The van der Waals surface area contributed by atoms with Gasteiger partial charge in [0, 0.05) is 24.8 Å². The van der Waals surface area contributed by atoms with Crippen molar-refractivity contribution in [2.75, 3.05) is 25.6 Å². The first-order chi connectivity index (χ1) is 8.45. The molecule has 0 saturated heterocycles. The number of benzene rings is 1. The SMILES string of the molecule is COC(=O)CCN(C)c1ccc(C(N)=S)c(Cl)c1. The Hall–Kier alpha value is -1.33. The van der Waals surface area contributed by atoms with Crippen LogP contribution in [0.2, 0.25) is 5.02 Å². The molecule has 2 N–H and O–H groups in total. The number of halogens is 1. The minimum Gasteiger partial charge on any atom is -0.469 e. The molecule has 0 atom stereocenters. The van der Waals surface area contributed by atoms with Crippen molar-refractivity contribution in [3.05, 3.63) is 28.8 Å². The van der Waals surface area contributed by atoms with Gasteiger partial charge >= 0.3 is 5.97 Å². The van der Waals surface area contributed by atoms with Crippen molar-refractivity contribution in [1.82, 2.24) is 0 Å². The molecule has 1 aromatic rings. The van der Waals surface area contributed by atoms with E-state index in [1.807, 2.05) is 18.0 Å². The zero-order chi connectivity index (χ0) is 13.7. The van der Waals surface area contributed by atoms with Crippen molar-refractivity contribution in [3.8, 4) is 0 Å². The molecular formula is C12H15ClN2O2S. The van der Waals surface area contributed by atoms with Crippen LogP contribution in [0.25, 0.3) is 0 Å². The van der Waals surface area contributed by atoms with E-state index in [1.54, 1.807) is 12.1 Å². The van der Waals surface area contributed by atoms with Gasteiger partial charge in [-0.15, -0.1) is 0 Å². The molecule has 0 radical (unpaired) electrons. The second-order valence-electron chi connectivity index (χ2n) is 3.78. The number of nitrogens with zero attached hydrogens (tertiary/aromatic N) is 1. The summed E-state index contributed by atoms with van der Waals surface area (Å²) in [6, 6.07) is 5.40. The van der Waals surface area contributed by atoms with Crippen LogP contribution in [-0.4, -0.2) is 31.7 Å². The maximum Gasteiger partial charge on any atom is 0.307 e. The lowest BCUT2D eigenvalue weighted by Crippen LogP contribution is -2.21. The van der Waals surface area contributed by atoms with Crippen molar-refractivity contribution in [2.24, 2.45) is 5.73 Å². The molecule has 0 spiro atoms. The van der Waals surface area contributed by atoms with Gasteiger partial charge in [-0.05, 0) is 18.2 Å². The molecule has 0 heterocycles. The second kappa shape index (κ2) is 6.56. The van der Waals surface area contributed by atoms with Gasteiger partial charge in [-0.2, -0.15) is 0 Å². The van der Waals surface area contributed by atoms with Crippen LogP contribution >= 0.6 is 23.8 Å². The quantitative estimate of drug-likeness (QED) is 0.662. The molecule has 18 heavy (non-hydrogen) atoms. The van der Waals surface area contributed by atoms with Gasteiger partial charge in [0.2, 0.25) is 0 Å². The molecule has 1 aromatic carbocycles. The predicted molar refractivity (Wildman–Crippen MR) is 77.2 cm³/mol. The highest BCUT2D eigenvalue weighted by atomic mass is 35.5. The Morgan fingerprint density at radius 1 is 1.56 bits per heavy atom. The Morgan fingerprint density at radius 3 is 2.72 bits per heavy atom. The van der Waals surface area contributed by atoms with Crippen molar-refractivity contribution in [3.63, 3.8) is 0 Å². The first kappa shape index (κ1) is 14.7. The minimum atomic E-state index is -0.243. The van der Waals surface area contributed by atoms with Crippen LogP contribution in [0.15, 0.2) is 18.2 Å². The standard InChI is InChI=1S/C12H15ClN2O2S/c1-15(6-5-11(16)17-2)8-3-4-9(12(14)18)10(13)7-8/h3-4,7H,5-6H2,1-2H3,(H2,14,18). The number of anilines is 1. The van der Waals surface area contributed by atoms with E-state index in [4.69, 9.17) is 29.6 Å². The minimum absolute atomic E-state index is 0.243. The molecule has 0 saturated carbocycles. The number of nitrogens with two attached hydrogens (primary N) is 1. The molecule has 0 aromatic heterocycles. The molecule has 1 rings (SSSR count). The average Bonchev–Trinajstić information content (AvgIpc) is 2.34. The van der Waals surface area contributed by atoms with E-state index >= 15 is 0 Å². The van der Waals surface area contributed by atoms with E-state index in [0.29, 0.717) is 23.6 Å². The molecule has 0 unspecified atom stereocenters. The monoisotopic (exact) mass is 286 g/mol. The molecule has 0 aliphatic rings. The fourth-order valence-corrected chi connectivity index (χ4v) is 1.94. The lowest BCUT2D eigenvalue weighted by molar-refractivity contribution is -0.140. The highest BCUT2D eigenvalue weighted by molar-refractivity contribution is 7.80. The molecule has 6 heteroatoms. The molecule has 98 valence electrons. The Labute approximate surface area is 117 Å². The van der Waals surface area contributed by atoms with E-state index in [1.165, 1.54) is 7.11 Å². The maximum absolute atomic E-state index is 11.0. The number of carbonyl (C=O) groups is 1. The summed E-state index contributed by atoms with van der Waals surface area (Å²) in [4.78, 5) is 13.2. The average molecular weight is 287 g/mol. The number of carbonyl (C=O) groups excluding carboxylic acids is 1. The van der Waals surface area contributed by atoms with E-state index < -0.39 is 0 Å². The van der Waals surface area contributed by atoms with E-state index in [2.05, 4.69) is 4.74 Å². The summed E-state index contributed by atoms with van der Waals surface area (Å²) >= 11 is 11.0. The van der Waals surface area contributed by atoms with Gasteiger partial charge in [0.25, 0.3) is 0 Å². The summed E-state index contributed by atoms with van der Waals surface area (Å²) in [7, 11) is 3.24. The van der Waals surface area contributed by atoms with Crippen LogP contribution in [0.3, 0.4) is 0 Å². The van der Waals surface area contributed by atoms with Crippen LogP contribution in [0.5, 0.6) is 0 Å². The van der Waals surface area contributed by atoms with Crippen molar-refractivity contribution in [1.29, 1.82) is 0 Å². The number of hydrogen-bond donors (Lipinski definition) is 1. The number of rotatable bonds is 5. The first-order valence-electron chi connectivity index (χ1n) is 5.33. The van der Waals surface area contributed by atoms with Gasteiger partial charge in [-0.1, -0.05) is 23.8 Å². The fraction of sp³-hybridized carbons (Fsp3) is 0.333. The maximum atomic E-state index is 11.0. The van der Waals surface area contributed by atoms with E-state index in [9.17, 15) is 4.79 Å². The van der Waals surface area contributed by atoms with Crippen LogP contribution in [-0.2, 0) is 9.53 Å². The van der Waals surface area contributed by atoms with Gasteiger partial charge < -0.3 is 15.4 Å². The number of methoxy groups -OCH3 is 1. The summed E-state index contributed by atoms with van der Waals surface area (Å²) in [5.74, 6) is -0.243. The largest absolute Gasteiger partial charge is 0.469 e. The van der Waals surface area contributed by atoms with Crippen LogP contribution in [0, 0.1) is 0 Å². The van der Waals surface area contributed by atoms with Crippen LogP contribution in [0.4, 0.5) is 5.69 Å². The third-order valence-electron chi connectivity index (χ3n) is 2.54. The highest BCUT2D eigenvalue weighted by Crippen LogP contribution is 2.23. The Morgan fingerprint density at radius 2 is 2.22 bits per heavy atom. The molecular weight excluding hydrogens is 272 g/mol. The molecule has 0 fully saturated rings. The van der Waals surface area contributed by atoms with Crippen LogP contribution < -0.4 is 10.6 Å². The van der Waals surface area contributed by atoms with E-state index in [0.717, 1.165) is 5.69 Å². The lowest BCUT2D eigenvalue weighted by Gasteiger charge is -2.19. The van der Waals surface area contributed by atoms with Gasteiger partial charge in [0.1, 0.15) is 4.99 Å². The molecule has 4 nitrogen and oxygen atoms in total.